The first-order valence-corrected chi connectivity index (χ1v) is 7.60. The van der Waals surface area contributed by atoms with Gasteiger partial charge < -0.3 is 21.3 Å². The second kappa shape index (κ2) is 7.26. The van der Waals surface area contributed by atoms with Crippen molar-refractivity contribution in [2.24, 2.45) is 5.73 Å². The Morgan fingerprint density at radius 2 is 2.18 bits per heavy atom. The number of primary amides is 1. The van der Waals surface area contributed by atoms with E-state index in [0.29, 0.717) is 6.54 Å². The van der Waals surface area contributed by atoms with Crippen LogP contribution in [0.4, 0.5) is 4.79 Å². The molecular formula is C16H24N4O2. The second-order valence-corrected chi connectivity index (χ2v) is 5.76. The molecule has 3 amide bonds. The molecule has 1 aromatic carbocycles. The van der Waals surface area contributed by atoms with Gasteiger partial charge in [-0.25, -0.2) is 4.79 Å². The summed E-state index contributed by atoms with van der Waals surface area (Å²) in [5.74, 6) is 0.0380. The van der Waals surface area contributed by atoms with Crippen LogP contribution in [0.2, 0.25) is 0 Å². The largest absolute Gasteiger partial charge is 0.352 e. The lowest BCUT2D eigenvalue weighted by Crippen LogP contribution is -2.53. The summed E-state index contributed by atoms with van der Waals surface area (Å²) in [6.07, 6.45) is 0.220. The van der Waals surface area contributed by atoms with Gasteiger partial charge in [0.25, 0.3) is 0 Å². The fraction of sp³-hybridized carbons (Fsp3) is 0.500. The number of hydrogen-bond donors (Lipinski definition) is 3. The predicted molar refractivity (Wildman–Crippen MR) is 85.3 cm³/mol. The molecule has 1 saturated heterocycles. The SMILES string of the molecule is Cc1ccccc1[C@@H](CC(=O)N1CCNC[C@H]1C)NC(N)=O. The first-order chi connectivity index (χ1) is 10.5. The summed E-state index contributed by atoms with van der Waals surface area (Å²) in [5.41, 5.74) is 7.24. The average molecular weight is 304 g/mol. The zero-order valence-electron chi connectivity index (χ0n) is 13.1. The number of urea groups is 1. The van der Waals surface area contributed by atoms with Crippen LogP contribution in [0.25, 0.3) is 0 Å². The Morgan fingerprint density at radius 1 is 1.45 bits per heavy atom. The molecule has 1 fully saturated rings. The van der Waals surface area contributed by atoms with Gasteiger partial charge in [0, 0.05) is 25.7 Å². The number of nitrogens with one attached hydrogen (secondary N) is 2. The molecule has 1 heterocycles. The van der Waals surface area contributed by atoms with E-state index in [1.165, 1.54) is 0 Å². The van der Waals surface area contributed by atoms with Crippen molar-refractivity contribution in [2.45, 2.75) is 32.4 Å². The smallest absolute Gasteiger partial charge is 0.312 e. The van der Waals surface area contributed by atoms with Crippen LogP contribution in [0.15, 0.2) is 24.3 Å². The first kappa shape index (κ1) is 16.3. The van der Waals surface area contributed by atoms with Crippen molar-refractivity contribution in [3.8, 4) is 0 Å². The van der Waals surface area contributed by atoms with Crippen molar-refractivity contribution in [1.82, 2.24) is 15.5 Å². The van der Waals surface area contributed by atoms with E-state index in [-0.39, 0.29) is 18.4 Å². The van der Waals surface area contributed by atoms with E-state index in [2.05, 4.69) is 10.6 Å². The number of aryl methyl sites for hydroxylation is 1. The van der Waals surface area contributed by atoms with E-state index in [0.717, 1.165) is 24.2 Å². The first-order valence-electron chi connectivity index (χ1n) is 7.60. The summed E-state index contributed by atoms with van der Waals surface area (Å²) in [6, 6.07) is 6.86. The molecule has 1 aliphatic rings. The molecule has 0 saturated carbocycles. The molecule has 0 aliphatic carbocycles. The van der Waals surface area contributed by atoms with Crippen LogP contribution < -0.4 is 16.4 Å². The maximum atomic E-state index is 12.6. The molecule has 0 radical (unpaired) electrons. The highest BCUT2D eigenvalue weighted by Gasteiger charge is 2.26. The number of benzene rings is 1. The molecule has 0 bridgehead atoms. The number of amides is 3. The molecular weight excluding hydrogens is 280 g/mol. The number of nitrogens with zero attached hydrogens (tertiary/aromatic N) is 1. The molecule has 120 valence electrons. The molecule has 0 spiro atoms. The van der Waals surface area contributed by atoms with Crippen molar-refractivity contribution in [2.75, 3.05) is 19.6 Å². The van der Waals surface area contributed by atoms with Gasteiger partial charge in [-0.3, -0.25) is 4.79 Å². The van der Waals surface area contributed by atoms with Crippen molar-refractivity contribution in [3.05, 3.63) is 35.4 Å². The normalized spacial score (nSPS) is 19.5. The number of rotatable bonds is 4. The van der Waals surface area contributed by atoms with Crippen LogP contribution in [0.3, 0.4) is 0 Å². The third-order valence-electron chi connectivity index (χ3n) is 4.08. The van der Waals surface area contributed by atoms with E-state index in [4.69, 9.17) is 5.73 Å². The predicted octanol–water partition coefficient (Wildman–Crippen LogP) is 0.915. The number of nitrogens with two attached hydrogens (primary N) is 1. The number of carbonyl (C=O) groups is 2. The zero-order valence-corrected chi connectivity index (χ0v) is 13.1. The highest BCUT2D eigenvalue weighted by molar-refractivity contribution is 5.79. The van der Waals surface area contributed by atoms with E-state index in [1.54, 1.807) is 0 Å². The number of piperazine rings is 1. The van der Waals surface area contributed by atoms with Crippen LogP contribution in [0, 0.1) is 6.92 Å². The monoisotopic (exact) mass is 304 g/mol. The summed E-state index contributed by atoms with van der Waals surface area (Å²) in [6.45, 7) is 6.27. The van der Waals surface area contributed by atoms with Gasteiger partial charge in [0.2, 0.25) is 5.91 Å². The van der Waals surface area contributed by atoms with Gasteiger partial charge in [0.15, 0.2) is 0 Å². The van der Waals surface area contributed by atoms with Gasteiger partial charge in [-0.1, -0.05) is 24.3 Å². The molecule has 0 aromatic heterocycles. The van der Waals surface area contributed by atoms with Crippen molar-refractivity contribution >= 4 is 11.9 Å². The Balaban J connectivity index is 2.14. The Labute approximate surface area is 131 Å². The molecule has 6 heteroatoms. The van der Waals surface area contributed by atoms with Crippen LogP contribution in [0.1, 0.15) is 30.5 Å². The van der Waals surface area contributed by atoms with E-state index < -0.39 is 12.1 Å². The van der Waals surface area contributed by atoms with Crippen molar-refractivity contribution in [1.29, 1.82) is 0 Å². The van der Waals surface area contributed by atoms with Crippen LogP contribution in [-0.4, -0.2) is 42.5 Å². The molecule has 22 heavy (non-hydrogen) atoms. The molecule has 1 aliphatic heterocycles. The van der Waals surface area contributed by atoms with Gasteiger partial charge in [-0.05, 0) is 25.0 Å². The minimum Gasteiger partial charge on any atom is -0.352 e. The summed E-state index contributed by atoms with van der Waals surface area (Å²) in [4.78, 5) is 25.7. The Kier molecular flexibility index (Phi) is 5.38. The van der Waals surface area contributed by atoms with Crippen molar-refractivity contribution < 1.29 is 9.59 Å². The molecule has 1 aromatic rings. The minimum atomic E-state index is -0.616. The van der Waals surface area contributed by atoms with E-state index in [1.807, 2.05) is 43.0 Å². The van der Waals surface area contributed by atoms with E-state index in [9.17, 15) is 9.59 Å². The molecule has 6 nitrogen and oxygen atoms in total. The minimum absolute atomic E-state index is 0.0380. The maximum Gasteiger partial charge on any atom is 0.312 e. The van der Waals surface area contributed by atoms with Crippen molar-refractivity contribution in [3.63, 3.8) is 0 Å². The summed E-state index contributed by atoms with van der Waals surface area (Å²) >= 11 is 0. The summed E-state index contributed by atoms with van der Waals surface area (Å²) < 4.78 is 0. The van der Waals surface area contributed by atoms with Gasteiger partial charge in [0.05, 0.1) is 12.5 Å². The maximum absolute atomic E-state index is 12.6. The number of carbonyl (C=O) groups excluding carboxylic acids is 2. The average Bonchev–Trinajstić information content (AvgIpc) is 2.47. The van der Waals surface area contributed by atoms with Crippen LogP contribution in [0.5, 0.6) is 0 Å². The quantitative estimate of drug-likeness (QED) is 0.773. The lowest BCUT2D eigenvalue weighted by molar-refractivity contribution is -0.134. The summed E-state index contributed by atoms with van der Waals surface area (Å²) in [5, 5.41) is 5.96. The third kappa shape index (κ3) is 3.98. The summed E-state index contributed by atoms with van der Waals surface area (Å²) in [7, 11) is 0. The lowest BCUT2D eigenvalue weighted by atomic mass is 9.98. The Morgan fingerprint density at radius 3 is 2.82 bits per heavy atom. The fourth-order valence-corrected chi connectivity index (χ4v) is 2.89. The molecule has 0 unspecified atom stereocenters. The lowest BCUT2D eigenvalue weighted by Gasteiger charge is -2.35. The molecule has 2 rings (SSSR count). The van der Waals surface area contributed by atoms with Gasteiger partial charge >= 0.3 is 6.03 Å². The van der Waals surface area contributed by atoms with Gasteiger partial charge in [-0.15, -0.1) is 0 Å². The molecule has 4 N–H and O–H groups in total. The Hall–Kier alpha value is -2.08. The van der Waals surface area contributed by atoms with Gasteiger partial charge in [-0.2, -0.15) is 0 Å². The Bertz CT molecular complexity index is 547. The second-order valence-electron chi connectivity index (χ2n) is 5.76. The van der Waals surface area contributed by atoms with E-state index >= 15 is 0 Å². The number of hydrogen-bond acceptors (Lipinski definition) is 3. The standard InChI is InChI=1S/C16H24N4O2/c1-11-5-3-4-6-13(11)14(19-16(17)22)9-15(21)20-8-7-18-10-12(20)2/h3-6,12,14,18H,7-10H2,1-2H3,(H3,17,19,22)/t12-,14-/m1/s1. The van der Waals surface area contributed by atoms with Crippen LogP contribution in [-0.2, 0) is 4.79 Å². The van der Waals surface area contributed by atoms with Crippen LogP contribution >= 0.6 is 0 Å². The molecule has 2 atom stereocenters. The topological polar surface area (TPSA) is 87.5 Å². The third-order valence-corrected chi connectivity index (χ3v) is 4.08. The highest BCUT2D eigenvalue weighted by Crippen LogP contribution is 2.22. The zero-order chi connectivity index (χ0) is 16.1. The highest BCUT2D eigenvalue weighted by atomic mass is 16.2. The van der Waals surface area contributed by atoms with Gasteiger partial charge in [0.1, 0.15) is 0 Å². The fourth-order valence-electron chi connectivity index (χ4n) is 2.89.